The van der Waals surface area contributed by atoms with Crippen molar-refractivity contribution in [1.82, 2.24) is 10.3 Å². The highest BCUT2D eigenvalue weighted by Gasteiger charge is 2.09. The molecule has 0 fully saturated rings. The third-order valence-electron chi connectivity index (χ3n) is 2.73. The number of hydrogen-bond acceptors (Lipinski definition) is 3. The summed E-state index contributed by atoms with van der Waals surface area (Å²) < 4.78 is 20.1. The Labute approximate surface area is 126 Å². The monoisotopic (exact) mass is 338 g/mol. The van der Waals surface area contributed by atoms with E-state index in [1.54, 1.807) is 24.5 Å². The molecule has 0 aliphatic rings. The fourth-order valence-electron chi connectivity index (χ4n) is 1.72. The van der Waals surface area contributed by atoms with Crippen molar-refractivity contribution in [3.63, 3.8) is 0 Å². The van der Waals surface area contributed by atoms with Gasteiger partial charge in [-0.1, -0.05) is 22.9 Å². The molecule has 5 heteroatoms. The Morgan fingerprint density at radius 3 is 2.95 bits per heavy atom. The third kappa shape index (κ3) is 4.02. The van der Waals surface area contributed by atoms with Gasteiger partial charge in [0.15, 0.2) is 11.6 Å². The predicted molar refractivity (Wildman–Crippen MR) is 80.4 cm³/mol. The third-order valence-corrected chi connectivity index (χ3v) is 3.22. The van der Waals surface area contributed by atoms with E-state index in [1.165, 1.54) is 6.07 Å². The number of halogens is 2. The Hall–Kier alpha value is -1.46. The lowest BCUT2D eigenvalue weighted by molar-refractivity contribution is 0.433. The first-order valence-electron chi connectivity index (χ1n) is 6.47. The van der Waals surface area contributed by atoms with Gasteiger partial charge in [-0.3, -0.25) is 4.98 Å². The van der Waals surface area contributed by atoms with Crippen molar-refractivity contribution >= 4 is 15.9 Å². The van der Waals surface area contributed by atoms with Crippen LogP contribution in [-0.4, -0.2) is 11.5 Å². The molecule has 0 amide bonds. The molecular weight excluding hydrogens is 323 g/mol. The van der Waals surface area contributed by atoms with Crippen molar-refractivity contribution in [2.75, 3.05) is 6.54 Å². The highest BCUT2D eigenvalue weighted by atomic mass is 79.9. The summed E-state index contributed by atoms with van der Waals surface area (Å²) in [5.41, 5.74) is 0.952. The second-order valence-corrected chi connectivity index (χ2v) is 5.25. The van der Waals surface area contributed by atoms with Crippen LogP contribution in [-0.2, 0) is 6.54 Å². The van der Waals surface area contributed by atoms with Gasteiger partial charge < -0.3 is 10.1 Å². The highest BCUT2D eigenvalue weighted by molar-refractivity contribution is 9.10. The Kier molecular flexibility index (Phi) is 5.49. The molecule has 1 N–H and O–H groups in total. The second-order valence-electron chi connectivity index (χ2n) is 4.34. The number of rotatable bonds is 6. The summed E-state index contributed by atoms with van der Waals surface area (Å²) in [5.74, 6) is 0.349. The van der Waals surface area contributed by atoms with Gasteiger partial charge in [0.1, 0.15) is 5.75 Å². The lowest BCUT2D eigenvalue weighted by Gasteiger charge is -2.12. The number of hydrogen-bond donors (Lipinski definition) is 1. The van der Waals surface area contributed by atoms with Gasteiger partial charge >= 0.3 is 0 Å². The molecule has 3 nitrogen and oxygen atoms in total. The van der Waals surface area contributed by atoms with E-state index in [0.717, 1.165) is 23.0 Å². The van der Waals surface area contributed by atoms with Crippen LogP contribution < -0.4 is 10.1 Å². The molecule has 0 unspecified atom stereocenters. The summed E-state index contributed by atoms with van der Waals surface area (Å²) >= 11 is 3.30. The molecule has 0 saturated heterocycles. The van der Waals surface area contributed by atoms with Crippen LogP contribution in [0, 0.1) is 5.82 Å². The predicted octanol–water partition coefficient (Wildman–Crippen LogP) is 4.28. The van der Waals surface area contributed by atoms with Crippen molar-refractivity contribution in [3.05, 3.63) is 52.5 Å². The van der Waals surface area contributed by atoms with E-state index in [-0.39, 0.29) is 5.75 Å². The molecule has 0 saturated carbocycles. The van der Waals surface area contributed by atoms with Crippen molar-refractivity contribution < 1.29 is 9.13 Å². The Morgan fingerprint density at radius 1 is 1.30 bits per heavy atom. The van der Waals surface area contributed by atoms with E-state index in [2.05, 4.69) is 33.2 Å². The van der Waals surface area contributed by atoms with Crippen LogP contribution in [0.4, 0.5) is 4.39 Å². The highest BCUT2D eigenvalue weighted by Crippen LogP contribution is 2.29. The molecule has 0 atom stereocenters. The zero-order valence-electron chi connectivity index (χ0n) is 11.2. The van der Waals surface area contributed by atoms with Gasteiger partial charge in [0.25, 0.3) is 0 Å². The van der Waals surface area contributed by atoms with E-state index in [1.807, 2.05) is 6.07 Å². The maximum atomic E-state index is 13.7. The Balaban J connectivity index is 2.18. The SMILES string of the molecule is CCCNCc1ccncc1Oc1cc(Br)ccc1F. The summed E-state index contributed by atoms with van der Waals surface area (Å²) in [7, 11) is 0. The van der Waals surface area contributed by atoms with Crippen LogP contribution in [0.15, 0.2) is 41.1 Å². The minimum atomic E-state index is -0.399. The normalized spacial score (nSPS) is 10.6. The van der Waals surface area contributed by atoms with E-state index >= 15 is 0 Å². The number of pyridine rings is 1. The van der Waals surface area contributed by atoms with Gasteiger partial charge in [0.2, 0.25) is 0 Å². The minimum Gasteiger partial charge on any atom is -0.452 e. The lowest BCUT2D eigenvalue weighted by atomic mass is 10.2. The fraction of sp³-hybridized carbons (Fsp3) is 0.267. The number of ether oxygens (including phenoxy) is 1. The number of nitrogens with one attached hydrogen (secondary N) is 1. The summed E-state index contributed by atoms with van der Waals surface area (Å²) in [4.78, 5) is 4.03. The smallest absolute Gasteiger partial charge is 0.165 e. The molecule has 1 heterocycles. The maximum absolute atomic E-state index is 13.7. The largest absolute Gasteiger partial charge is 0.452 e. The molecule has 2 aromatic rings. The van der Waals surface area contributed by atoms with E-state index in [4.69, 9.17) is 4.74 Å². The zero-order valence-corrected chi connectivity index (χ0v) is 12.8. The molecule has 0 aliphatic carbocycles. The van der Waals surface area contributed by atoms with Crippen LogP contribution in [0.5, 0.6) is 11.5 Å². The van der Waals surface area contributed by atoms with Gasteiger partial charge in [-0.05, 0) is 37.2 Å². The van der Waals surface area contributed by atoms with Gasteiger partial charge in [-0.15, -0.1) is 0 Å². The van der Waals surface area contributed by atoms with E-state index < -0.39 is 5.82 Å². The first-order valence-corrected chi connectivity index (χ1v) is 7.26. The van der Waals surface area contributed by atoms with Crippen molar-refractivity contribution in [1.29, 1.82) is 0 Å². The van der Waals surface area contributed by atoms with Gasteiger partial charge in [-0.2, -0.15) is 0 Å². The van der Waals surface area contributed by atoms with Crippen LogP contribution in [0.2, 0.25) is 0 Å². The van der Waals surface area contributed by atoms with E-state index in [9.17, 15) is 4.39 Å². The zero-order chi connectivity index (χ0) is 14.4. The Bertz CT molecular complexity index is 578. The van der Waals surface area contributed by atoms with Crippen LogP contribution in [0.3, 0.4) is 0 Å². The number of aromatic nitrogens is 1. The standard InChI is InChI=1S/C15H16BrFN2O/c1-2-6-18-9-11-5-7-19-10-15(11)20-14-8-12(16)3-4-13(14)17/h3-5,7-8,10,18H,2,6,9H2,1H3. The average molecular weight is 339 g/mol. The molecule has 0 radical (unpaired) electrons. The maximum Gasteiger partial charge on any atom is 0.165 e. The van der Waals surface area contributed by atoms with Crippen molar-refractivity contribution in [3.8, 4) is 11.5 Å². The summed E-state index contributed by atoms with van der Waals surface area (Å²) in [6.07, 6.45) is 4.36. The molecule has 0 aliphatic heterocycles. The second kappa shape index (κ2) is 7.36. The number of nitrogens with zero attached hydrogens (tertiary/aromatic N) is 1. The van der Waals surface area contributed by atoms with Crippen LogP contribution in [0.25, 0.3) is 0 Å². The molecule has 0 spiro atoms. The van der Waals surface area contributed by atoms with Crippen molar-refractivity contribution in [2.45, 2.75) is 19.9 Å². The molecule has 1 aromatic carbocycles. The van der Waals surface area contributed by atoms with Crippen molar-refractivity contribution in [2.24, 2.45) is 0 Å². The molecule has 1 aromatic heterocycles. The summed E-state index contributed by atoms with van der Waals surface area (Å²) in [5, 5.41) is 3.29. The average Bonchev–Trinajstić information content (AvgIpc) is 2.45. The molecule has 2 rings (SSSR count). The lowest BCUT2D eigenvalue weighted by Crippen LogP contribution is -2.14. The quantitative estimate of drug-likeness (QED) is 0.798. The summed E-state index contributed by atoms with van der Waals surface area (Å²) in [6, 6.07) is 6.47. The molecule has 0 bridgehead atoms. The topological polar surface area (TPSA) is 34.2 Å². The Morgan fingerprint density at radius 2 is 2.15 bits per heavy atom. The first kappa shape index (κ1) is 14.9. The van der Waals surface area contributed by atoms with Crippen LogP contribution in [0.1, 0.15) is 18.9 Å². The summed E-state index contributed by atoms with van der Waals surface area (Å²) in [6.45, 7) is 3.70. The van der Waals surface area contributed by atoms with E-state index in [0.29, 0.717) is 12.3 Å². The van der Waals surface area contributed by atoms with Gasteiger partial charge in [0, 0.05) is 22.8 Å². The first-order chi connectivity index (χ1) is 9.70. The molecular formula is C15H16BrFN2O. The van der Waals surface area contributed by atoms with Gasteiger partial charge in [0.05, 0.1) is 6.20 Å². The number of benzene rings is 1. The van der Waals surface area contributed by atoms with Crippen LogP contribution >= 0.6 is 15.9 Å². The fourth-order valence-corrected chi connectivity index (χ4v) is 2.06. The molecule has 20 heavy (non-hydrogen) atoms. The molecule has 106 valence electrons. The van der Waals surface area contributed by atoms with Gasteiger partial charge in [-0.25, -0.2) is 4.39 Å². The minimum absolute atomic E-state index is 0.184.